The minimum Gasteiger partial charge on any atom is -0.352 e. The molecule has 2 N–H and O–H groups in total. The van der Waals surface area contributed by atoms with Crippen molar-refractivity contribution < 1.29 is 9.59 Å². The third-order valence-electron chi connectivity index (χ3n) is 4.92. The Labute approximate surface area is 172 Å². The molecule has 0 aliphatic rings. The maximum atomic E-state index is 12.6. The van der Waals surface area contributed by atoms with Crippen molar-refractivity contribution in [1.29, 1.82) is 0 Å². The number of carbonyl (C=O) groups is 2. The van der Waals surface area contributed by atoms with Crippen LogP contribution in [0.3, 0.4) is 0 Å². The van der Waals surface area contributed by atoms with Crippen LogP contribution in [0.15, 0.2) is 72.8 Å². The fourth-order valence-electron chi connectivity index (χ4n) is 3.14. The Morgan fingerprint density at radius 2 is 1.52 bits per heavy atom. The van der Waals surface area contributed by atoms with E-state index >= 15 is 0 Å². The summed E-state index contributed by atoms with van der Waals surface area (Å²) in [6, 6.07) is 23.1. The van der Waals surface area contributed by atoms with Gasteiger partial charge in [-0.15, -0.1) is 0 Å². The Balaban J connectivity index is 1.60. The fraction of sp³-hybridized carbons (Fsp3) is 0.200. The normalized spacial score (nSPS) is 10.4. The number of benzene rings is 3. The molecule has 4 heteroatoms. The average Bonchev–Trinajstić information content (AvgIpc) is 2.72. The summed E-state index contributed by atoms with van der Waals surface area (Å²) in [4.78, 5) is 25.1. The van der Waals surface area contributed by atoms with E-state index < -0.39 is 0 Å². The third kappa shape index (κ3) is 5.79. The molecular weight excluding hydrogens is 360 g/mol. The van der Waals surface area contributed by atoms with Crippen LogP contribution in [0, 0.1) is 13.8 Å². The van der Waals surface area contributed by atoms with Gasteiger partial charge in [-0.2, -0.15) is 0 Å². The Kier molecular flexibility index (Phi) is 6.80. The molecule has 3 aromatic carbocycles. The SMILES string of the molecule is Cc1ccc(CC(=O)Nc2ccccc2C(=O)NCCc2ccccc2)cc1C. The second-order valence-corrected chi connectivity index (χ2v) is 7.18. The van der Waals surface area contributed by atoms with Crippen LogP contribution >= 0.6 is 0 Å². The van der Waals surface area contributed by atoms with E-state index in [1.807, 2.05) is 68.4 Å². The Morgan fingerprint density at radius 1 is 0.793 bits per heavy atom. The molecule has 0 saturated carbocycles. The highest BCUT2D eigenvalue weighted by Gasteiger charge is 2.13. The zero-order valence-corrected chi connectivity index (χ0v) is 16.9. The van der Waals surface area contributed by atoms with Gasteiger partial charge in [-0.05, 0) is 54.7 Å². The van der Waals surface area contributed by atoms with Gasteiger partial charge in [0.25, 0.3) is 5.91 Å². The second-order valence-electron chi connectivity index (χ2n) is 7.18. The van der Waals surface area contributed by atoms with E-state index in [-0.39, 0.29) is 18.2 Å². The number of anilines is 1. The minimum absolute atomic E-state index is 0.141. The van der Waals surface area contributed by atoms with Crippen molar-refractivity contribution in [3.63, 3.8) is 0 Å². The van der Waals surface area contributed by atoms with E-state index in [1.54, 1.807) is 18.2 Å². The van der Waals surface area contributed by atoms with Crippen LogP contribution in [0.25, 0.3) is 0 Å². The highest BCUT2D eigenvalue weighted by Crippen LogP contribution is 2.16. The zero-order valence-electron chi connectivity index (χ0n) is 16.9. The van der Waals surface area contributed by atoms with Crippen LogP contribution in [0.4, 0.5) is 5.69 Å². The zero-order chi connectivity index (χ0) is 20.6. The number of carbonyl (C=O) groups excluding carboxylic acids is 2. The number of rotatable bonds is 7. The van der Waals surface area contributed by atoms with Crippen LogP contribution in [-0.4, -0.2) is 18.4 Å². The molecule has 0 heterocycles. The molecule has 0 aliphatic carbocycles. The van der Waals surface area contributed by atoms with Gasteiger partial charge in [0.1, 0.15) is 0 Å². The predicted molar refractivity (Wildman–Crippen MR) is 117 cm³/mol. The molecule has 0 aliphatic heterocycles. The molecule has 0 saturated heterocycles. The Hall–Kier alpha value is -3.40. The first kappa shape index (κ1) is 20.3. The number of hydrogen-bond acceptors (Lipinski definition) is 2. The first-order valence-electron chi connectivity index (χ1n) is 9.80. The van der Waals surface area contributed by atoms with Crippen molar-refractivity contribution in [2.24, 2.45) is 0 Å². The molecule has 2 amide bonds. The van der Waals surface area contributed by atoms with E-state index in [9.17, 15) is 9.59 Å². The largest absolute Gasteiger partial charge is 0.352 e. The van der Waals surface area contributed by atoms with Gasteiger partial charge in [0.05, 0.1) is 17.7 Å². The molecule has 0 aromatic heterocycles. The summed E-state index contributed by atoms with van der Waals surface area (Å²) in [6.07, 6.45) is 1.03. The van der Waals surface area contributed by atoms with Crippen LogP contribution in [0.2, 0.25) is 0 Å². The van der Waals surface area contributed by atoms with Crippen molar-refractivity contribution in [3.8, 4) is 0 Å². The Morgan fingerprint density at radius 3 is 2.28 bits per heavy atom. The number of hydrogen-bond donors (Lipinski definition) is 2. The van der Waals surface area contributed by atoms with Gasteiger partial charge in [0.2, 0.25) is 5.91 Å². The molecule has 0 atom stereocenters. The molecule has 0 fully saturated rings. The summed E-state index contributed by atoms with van der Waals surface area (Å²) in [5.74, 6) is -0.333. The molecular formula is C25H26N2O2. The lowest BCUT2D eigenvalue weighted by Gasteiger charge is -2.12. The van der Waals surface area contributed by atoms with Crippen molar-refractivity contribution in [3.05, 3.63) is 101 Å². The lowest BCUT2D eigenvalue weighted by atomic mass is 10.0. The second kappa shape index (κ2) is 9.69. The maximum Gasteiger partial charge on any atom is 0.253 e. The molecule has 3 aromatic rings. The van der Waals surface area contributed by atoms with Gasteiger partial charge in [-0.3, -0.25) is 9.59 Å². The first-order valence-corrected chi connectivity index (χ1v) is 9.80. The van der Waals surface area contributed by atoms with Gasteiger partial charge in [0, 0.05) is 6.54 Å². The third-order valence-corrected chi connectivity index (χ3v) is 4.92. The van der Waals surface area contributed by atoms with Crippen molar-refractivity contribution in [1.82, 2.24) is 5.32 Å². The lowest BCUT2D eigenvalue weighted by molar-refractivity contribution is -0.115. The first-order chi connectivity index (χ1) is 14.0. The van der Waals surface area contributed by atoms with Crippen LogP contribution < -0.4 is 10.6 Å². The van der Waals surface area contributed by atoms with Crippen LogP contribution in [-0.2, 0) is 17.6 Å². The summed E-state index contributed by atoms with van der Waals surface area (Å²) < 4.78 is 0. The molecule has 0 radical (unpaired) electrons. The van der Waals surface area contributed by atoms with E-state index in [0.29, 0.717) is 17.8 Å². The molecule has 0 spiro atoms. The monoisotopic (exact) mass is 386 g/mol. The predicted octanol–water partition coefficient (Wildman–Crippen LogP) is 4.46. The highest BCUT2D eigenvalue weighted by atomic mass is 16.2. The number of nitrogens with one attached hydrogen (secondary N) is 2. The topological polar surface area (TPSA) is 58.2 Å². The minimum atomic E-state index is -0.192. The summed E-state index contributed by atoms with van der Waals surface area (Å²) in [7, 11) is 0. The summed E-state index contributed by atoms with van der Waals surface area (Å²) in [5, 5.41) is 5.82. The quantitative estimate of drug-likeness (QED) is 0.630. The van der Waals surface area contributed by atoms with Gasteiger partial charge < -0.3 is 10.6 Å². The van der Waals surface area contributed by atoms with E-state index in [4.69, 9.17) is 0 Å². The van der Waals surface area contributed by atoms with Crippen LogP contribution in [0.1, 0.15) is 32.6 Å². The number of aryl methyl sites for hydroxylation is 2. The van der Waals surface area contributed by atoms with Crippen molar-refractivity contribution in [2.45, 2.75) is 26.7 Å². The lowest BCUT2D eigenvalue weighted by Crippen LogP contribution is -2.27. The molecule has 3 rings (SSSR count). The standard InChI is InChI=1S/C25H26N2O2/c1-18-12-13-21(16-19(18)2)17-24(28)27-23-11-7-6-10-22(23)25(29)26-15-14-20-8-4-3-5-9-20/h3-13,16H,14-15,17H2,1-2H3,(H,26,29)(H,27,28). The molecule has 0 bridgehead atoms. The van der Waals surface area contributed by atoms with Gasteiger partial charge in [0.15, 0.2) is 0 Å². The highest BCUT2D eigenvalue weighted by molar-refractivity contribution is 6.04. The van der Waals surface area contributed by atoms with Crippen molar-refractivity contribution in [2.75, 3.05) is 11.9 Å². The number of amides is 2. The molecule has 4 nitrogen and oxygen atoms in total. The summed E-state index contributed by atoms with van der Waals surface area (Å²) in [5.41, 5.74) is 5.48. The average molecular weight is 386 g/mol. The van der Waals surface area contributed by atoms with Gasteiger partial charge >= 0.3 is 0 Å². The molecule has 0 unspecified atom stereocenters. The molecule has 29 heavy (non-hydrogen) atoms. The van der Waals surface area contributed by atoms with E-state index in [0.717, 1.165) is 17.5 Å². The Bertz CT molecular complexity index is 997. The number of para-hydroxylation sites is 1. The molecule has 148 valence electrons. The van der Waals surface area contributed by atoms with Crippen LogP contribution in [0.5, 0.6) is 0 Å². The van der Waals surface area contributed by atoms with Crippen molar-refractivity contribution >= 4 is 17.5 Å². The van der Waals surface area contributed by atoms with Gasteiger partial charge in [-0.25, -0.2) is 0 Å². The summed E-state index contributed by atoms with van der Waals surface area (Å²) >= 11 is 0. The smallest absolute Gasteiger partial charge is 0.253 e. The van der Waals surface area contributed by atoms with E-state index in [2.05, 4.69) is 10.6 Å². The summed E-state index contributed by atoms with van der Waals surface area (Å²) in [6.45, 7) is 4.62. The van der Waals surface area contributed by atoms with Gasteiger partial charge in [-0.1, -0.05) is 60.7 Å². The fourth-order valence-corrected chi connectivity index (χ4v) is 3.14. The maximum absolute atomic E-state index is 12.6. The van der Waals surface area contributed by atoms with E-state index in [1.165, 1.54) is 11.1 Å².